The number of methoxy groups -OCH3 is 1. The van der Waals surface area contributed by atoms with E-state index < -0.39 is 5.97 Å². The van der Waals surface area contributed by atoms with Gasteiger partial charge in [-0.15, -0.1) is 5.10 Å². The van der Waals surface area contributed by atoms with Gasteiger partial charge < -0.3 is 9.30 Å². The first-order chi connectivity index (χ1) is 19.0. The van der Waals surface area contributed by atoms with Crippen molar-refractivity contribution in [3.63, 3.8) is 0 Å². The molecule has 0 fully saturated rings. The number of carbonyl (C=O) groups is 1. The molecule has 39 heavy (non-hydrogen) atoms. The molecule has 4 aromatic heterocycles. The molecule has 0 spiro atoms. The summed E-state index contributed by atoms with van der Waals surface area (Å²) in [6.07, 6.45) is 9.84. The van der Waals surface area contributed by atoms with E-state index in [1.807, 2.05) is 48.0 Å². The number of imidazole rings is 1. The summed E-state index contributed by atoms with van der Waals surface area (Å²) in [7, 11) is 1.34. The molecule has 0 aliphatic rings. The summed E-state index contributed by atoms with van der Waals surface area (Å²) in [6, 6.07) is 11.5. The molecule has 1 N–H and O–H groups in total. The Bertz CT molecular complexity index is 1630. The Balaban J connectivity index is 1.57. The molecule has 0 aliphatic heterocycles. The van der Waals surface area contributed by atoms with Gasteiger partial charge in [-0.2, -0.15) is 0 Å². The molecule has 11 nitrogen and oxygen atoms in total. The average molecular weight is 527 g/mol. The average Bonchev–Trinajstić information content (AvgIpc) is 3.72. The number of hydrogen-bond donors (Lipinski definition) is 1. The minimum absolute atomic E-state index is 0.220. The Labute approximate surface area is 225 Å². The Morgan fingerprint density at radius 1 is 1.08 bits per heavy atom. The van der Waals surface area contributed by atoms with Gasteiger partial charge in [-0.3, -0.25) is 14.1 Å². The fourth-order valence-electron chi connectivity index (χ4n) is 4.76. The molecule has 5 rings (SSSR count). The molecular weight excluding hydrogens is 496 g/mol. The third kappa shape index (κ3) is 5.02. The number of ether oxygens (including phenoxy) is 1. The lowest BCUT2D eigenvalue weighted by Crippen LogP contribution is -2.27. The SMILES string of the molecule is CCCCc1cn(-c2c(C(=O)OC)ccn2CC)c(=O)n1Cc1cnccc1-c1ccc(-c2nnn[nH]2)cc1. The zero-order valence-corrected chi connectivity index (χ0v) is 22.2. The van der Waals surface area contributed by atoms with Crippen LogP contribution in [0.5, 0.6) is 0 Å². The van der Waals surface area contributed by atoms with Crippen molar-refractivity contribution < 1.29 is 9.53 Å². The molecule has 0 saturated heterocycles. The predicted molar refractivity (Wildman–Crippen MR) is 146 cm³/mol. The van der Waals surface area contributed by atoms with Gasteiger partial charge in [0.05, 0.1) is 13.7 Å². The second kappa shape index (κ2) is 11.3. The number of esters is 1. The zero-order chi connectivity index (χ0) is 27.4. The van der Waals surface area contributed by atoms with E-state index in [0.29, 0.717) is 30.3 Å². The number of unbranched alkanes of at least 4 members (excludes halogenated alkanes) is 1. The number of rotatable bonds is 10. The number of aryl methyl sites for hydroxylation is 2. The van der Waals surface area contributed by atoms with Crippen LogP contribution in [0.1, 0.15) is 48.3 Å². The lowest BCUT2D eigenvalue weighted by Gasteiger charge is -2.12. The molecule has 11 heteroatoms. The number of tetrazole rings is 1. The second-order valence-corrected chi connectivity index (χ2v) is 9.15. The Morgan fingerprint density at radius 2 is 1.87 bits per heavy atom. The molecule has 4 heterocycles. The van der Waals surface area contributed by atoms with Crippen molar-refractivity contribution in [2.45, 2.75) is 46.2 Å². The highest BCUT2D eigenvalue weighted by Gasteiger charge is 2.22. The fraction of sp³-hybridized carbons (Fsp3) is 0.286. The van der Waals surface area contributed by atoms with Gasteiger partial charge in [-0.1, -0.05) is 37.6 Å². The molecule has 0 radical (unpaired) electrons. The van der Waals surface area contributed by atoms with Crippen LogP contribution < -0.4 is 5.69 Å². The number of nitrogens with zero attached hydrogens (tertiary/aromatic N) is 7. The lowest BCUT2D eigenvalue weighted by molar-refractivity contribution is 0.0600. The molecule has 0 amide bonds. The van der Waals surface area contributed by atoms with Gasteiger partial charge in [0.15, 0.2) is 5.82 Å². The molecule has 0 aliphatic carbocycles. The van der Waals surface area contributed by atoms with Gasteiger partial charge in [-0.05, 0) is 59.0 Å². The topological polar surface area (TPSA) is 126 Å². The zero-order valence-electron chi connectivity index (χ0n) is 22.2. The molecule has 5 aromatic rings. The normalized spacial score (nSPS) is 11.2. The van der Waals surface area contributed by atoms with Crippen LogP contribution in [0, 0.1) is 0 Å². The van der Waals surface area contributed by atoms with Crippen molar-refractivity contribution in [3.05, 3.63) is 88.5 Å². The van der Waals surface area contributed by atoms with Gasteiger partial charge >= 0.3 is 11.7 Å². The maximum absolute atomic E-state index is 13.9. The van der Waals surface area contributed by atoms with Crippen LogP contribution in [-0.2, 0) is 24.2 Å². The molecule has 200 valence electrons. The first-order valence-electron chi connectivity index (χ1n) is 12.9. The van der Waals surface area contributed by atoms with Gasteiger partial charge in [0.1, 0.15) is 11.4 Å². The largest absolute Gasteiger partial charge is 0.465 e. The summed E-state index contributed by atoms with van der Waals surface area (Å²) in [5, 5.41) is 14.0. The summed E-state index contributed by atoms with van der Waals surface area (Å²) in [5.74, 6) is 0.619. The van der Waals surface area contributed by atoms with Gasteiger partial charge in [-0.25, -0.2) is 14.7 Å². The van der Waals surface area contributed by atoms with Crippen LogP contribution in [0.4, 0.5) is 0 Å². The molecule has 0 unspecified atom stereocenters. The van der Waals surface area contributed by atoms with E-state index in [-0.39, 0.29) is 5.69 Å². The highest BCUT2D eigenvalue weighted by atomic mass is 16.5. The number of benzene rings is 1. The standard InChI is InChI=1S/C28H30N8O3/c1-4-6-7-22-18-36(26-24(27(37)39-3)13-15-34(26)5-2)28(38)35(22)17-21-16-29-14-12-23(21)19-8-10-20(11-9-19)25-30-32-33-31-25/h8-16,18H,4-7,17H2,1-3H3,(H,30,31,32,33). The van der Waals surface area contributed by atoms with Crippen molar-refractivity contribution >= 4 is 5.97 Å². The van der Waals surface area contributed by atoms with E-state index in [4.69, 9.17) is 4.74 Å². The summed E-state index contributed by atoms with van der Waals surface area (Å²) in [4.78, 5) is 30.8. The maximum Gasteiger partial charge on any atom is 0.341 e. The second-order valence-electron chi connectivity index (χ2n) is 9.15. The number of aromatic nitrogens is 8. The highest BCUT2D eigenvalue weighted by molar-refractivity contribution is 5.93. The highest BCUT2D eigenvalue weighted by Crippen LogP contribution is 2.27. The van der Waals surface area contributed by atoms with Crippen LogP contribution in [0.25, 0.3) is 28.3 Å². The van der Waals surface area contributed by atoms with E-state index >= 15 is 0 Å². The van der Waals surface area contributed by atoms with Crippen LogP contribution in [0.2, 0.25) is 0 Å². The maximum atomic E-state index is 13.9. The quantitative estimate of drug-likeness (QED) is 0.274. The van der Waals surface area contributed by atoms with E-state index in [0.717, 1.165) is 47.2 Å². The monoisotopic (exact) mass is 526 g/mol. The van der Waals surface area contributed by atoms with Crippen molar-refractivity contribution in [1.82, 2.24) is 39.3 Å². The van der Waals surface area contributed by atoms with E-state index in [2.05, 4.69) is 32.5 Å². The first kappa shape index (κ1) is 25.8. The number of nitrogens with one attached hydrogen (secondary N) is 1. The van der Waals surface area contributed by atoms with Crippen molar-refractivity contribution in [3.8, 4) is 28.3 Å². The molecule has 0 atom stereocenters. The Morgan fingerprint density at radius 3 is 2.56 bits per heavy atom. The minimum atomic E-state index is -0.480. The molecular formula is C28H30N8O3. The number of carbonyl (C=O) groups excluding carboxylic acids is 1. The van der Waals surface area contributed by atoms with Crippen LogP contribution >= 0.6 is 0 Å². The number of H-pyrrole nitrogens is 1. The number of aromatic amines is 1. The van der Waals surface area contributed by atoms with Gasteiger partial charge in [0, 0.05) is 42.6 Å². The lowest BCUT2D eigenvalue weighted by atomic mass is 10.00. The van der Waals surface area contributed by atoms with Crippen molar-refractivity contribution in [1.29, 1.82) is 0 Å². The molecule has 0 bridgehead atoms. The third-order valence-corrected chi connectivity index (χ3v) is 6.80. The van der Waals surface area contributed by atoms with Crippen LogP contribution in [0.15, 0.2) is 66.0 Å². The molecule has 0 saturated carbocycles. The molecule has 1 aromatic carbocycles. The van der Waals surface area contributed by atoms with Crippen LogP contribution in [0.3, 0.4) is 0 Å². The number of hydrogen-bond acceptors (Lipinski definition) is 7. The third-order valence-electron chi connectivity index (χ3n) is 6.80. The first-order valence-corrected chi connectivity index (χ1v) is 12.9. The van der Waals surface area contributed by atoms with Crippen molar-refractivity contribution in [2.24, 2.45) is 0 Å². The fourth-order valence-corrected chi connectivity index (χ4v) is 4.76. The summed E-state index contributed by atoms with van der Waals surface area (Å²) < 4.78 is 10.2. The van der Waals surface area contributed by atoms with E-state index in [1.54, 1.807) is 33.8 Å². The smallest absolute Gasteiger partial charge is 0.341 e. The van der Waals surface area contributed by atoms with Gasteiger partial charge in [0.2, 0.25) is 0 Å². The van der Waals surface area contributed by atoms with Gasteiger partial charge in [0.25, 0.3) is 0 Å². The van der Waals surface area contributed by atoms with E-state index in [9.17, 15) is 9.59 Å². The minimum Gasteiger partial charge on any atom is -0.465 e. The van der Waals surface area contributed by atoms with E-state index in [1.165, 1.54) is 7.11 Å². The van der Waals surface area contributed by atoms with Crippen molar-refractivity contribution in [2.75, 3.05) is 7.11 Å². The summed E-state index contributed by atoms with van der Waals surface area (Å²) >= 11 is 0. The van der Waals surface area contributed by atoms with Crippen LogP contribution in [-0.4, -0.2) is 52.4 Å². The summed E-state index contributed by atoms with van der Waals surface area (Å²) in [5.41, 5.74) is 4.76. The number of pyridine rings is 1. The predicted octanol–water partition coefficient (Wildman–Crippen LogP) is 3.88. The summed E-state index contributed by atoms with van der Waals surface area (Å²) in [6.45, 7) is 5.02. The Hall–Kier alpha value is -4.80. The Kier molecular flexibility index (Phi) is 7.48.